The van der Waals surface area contributed by atoms with Crippen LogP contribution in [-0.4, -0.2) is 0 Å². The molecule has 6 heteroatoms. The molecule has 2 rings (SSSR count). The highest BCUT2D eigenvalue weighted by molar-refractivity contribution is 5.66. The van der Waals surface area contributed by atoms with Gasteiger partial charge in [-0.25, -0.2) is 8.78 Å². The Hall–Kier alpha value is -2.42. The minimum Gasteiger partial charge on any atom is -0.207 e. The normalized spacial score (nSPS) is 11.2. The molecule has 2 aromatic carbocycles. The van der Waals surface area contributed by atoms with E-state index in [0.717, 1.165) is 18.2 Å². The van der Waals surface area contributed by atoms with Crippen LogP contribution in [-0.2, 0) is 6.18 Å². The van der Waals surface area contributed by atoms with Gasteiger partial charge in [-0.2, -0.15) is 18.4 Å². The summed E-state index contributed by atoms with van der Waals surface area (Å²) >= 11 is 0. The van der Waals surface area contributed by atoms with Crippen molar-refractivity contribution in [2.75, 3.05) is 0 Å². The zero-order valence-electron chi connectivity index (χ0n) is 9.80. The van der Waals surface area contributed by atoms with Crippen LogP contribution in [0.25, 0.3) is 11.1 Å². The number of rotatable bonds is 1. The van der Waals surface area contributed by atoms with Crippen LogP contribution in [0.5, 0.6) is 0 Å². The van der Waals surface area contributed by atoms with E-state index in [1.807, 2.05) is 0 Å². The fourth-order valence-corrected chi connectivity index (χ4v) is 1.78. The standard InChI is InChI=1S/C14H6F5N/c15-11-3-10(4-12(16)6-11)8-1-2-9(7-20)13(5-8)14(17,18)19/h1-6H. The topological polar surface area (TPSA) is 23.8 Å². The first-order chi connectivity index (χ1) is 9.31. The SMILES string of the molecule is N#Cc1ccc(-c2cc(F)cc(F)c2)cc1C(F)(F)F. The van der Waals surface area contributed by atoms with Gasteiger partial charge in [0, 0.05) is 6.07 Å². The van der Waals surface area contributed by atoms with E-state index in [-0.39, 0.29) is 11.1 Å². The summed E-state index contributed by atoms with van der Waals surface area (Å²) in [5.41, 5.74) is -1.73. The van der Waals surface area contributed by atoms with Gasteiger partial charge in [0.1, 0.15) is 11.6 Å². The summed E-state index contributed by atoms with van der Waals surface area (Å²) in [5, 5.41) is 8.66. The molecule has 0 fully saturated rings. The molecule has 0 aliphatic rings. The summed E-state index contributed by atoms with van der Waals surface area (Å²) in [7, 11) is 0. The Labute approximate surface area is 110 Å². The van der Waals surface area contributed by atoms with Crippen LogP contribution in [0.1, 0.15) is 11.1 Å². The molecular formula is C14H6F5N. The van der Waals surface area contributed by atoms with E-state index in [0.29, 0.717) is 12.1 Å². The molecule has 0 aliphatic carbocycles. The van der Waals surface area contributed by atoms with Crippen molar-refractivity contribution in [3.63, 3.8) is 0 Å². The molecule has 0 saturated carbocycles. The van der Waals surface area contributed by atoms with Gasteiger partial charge in [-0.1, -0.05) is 6.07 Å². The fourth-order valence-electron chi connectivity index (χ4n) is 1.78. The summed E-state index contributed by atoms with van der Waals surface area (Å²) in [6.07, 6.45) is -4.72. The summed E-state index contributed by atoms with van der Waals surface area (Å²) in [5.74, 6) is -1.78. The fraction of sp³-hybridized carbons (Fsp3) is 0.0714. The van der Waals surface area contributed by atoms with Crippen molar-refractivity contribution in [3.8, 4) is 17.2 Å². The van der Waals surface area contributed by atoms with Gasteiger partial charge in [0.2, 0.25) is 0 Å². The molecule has 0 bridgehead atoms. The van der Waals surface area contributed by atoms with Gasteiger partial charge in [0.05, 0.1) is 17.2 Å². The minimum absolute atomic E-state index is 0.0188. The van der Waals surface area contributed by atoms with E-state index in [4.69, 9.17) is 5.26 Å². The first-order valence-electron chi connectivity index (χ1n) is 5.39. The van der Waals surface area contributed by atoms with Gasteiger partial charge in [-0.15, -0.1) is 0 Å². The summed E-state index contributed by atoms with van der Waals surface area (Å²) in [4.78, 5) is 0. The van der Waals surface area contributed by atoms with Gasteiger partial charge >= 0.3 is 6.18 Å². The Morgan fingerprint density at radius 3 is 1.95 bits per heavy atom. The molecule has 0 spiro atoms. The maximum absolute atomic E-state index is 13.1. The molecule has 20 heavy (non-hydrogen) atoms. The number of alkyl halides is 3. The number of nitrogens with zero attached hydrogens (tertiary/aromatic N) is 1. The lowest BCUT2D eigenvalue weighted by Crippen LogP contribution is -2.08. The van der Waals surface area contributed by atoms with Crippen molar-refractivity contribution < 1.29 is 22.0 Å². The molecule has 1 nitrogen and oxygen atoms in total. The minimum atomic E-state index is -4.72. The number of nitriles is 1. The molecule has 2 aromatic rings. The van der Waals surface area contributed by atoms with Crippen molar-refractivity contribution in [1.82, 2.24) is 0 Å². The predicted octanol–water partition coefficient (Wildman–Crippen LogP) is 4.52. The number of hydrogen-bond acceptors (Lipinski definition) is 1. The van der Waals surface area contributed by atoms with Crippen LogP contribution in [0.3, 0.4) is 0 Å². The predicted molar refractivity (Wildman–Crippen MR) is 61.5 cm³/mol. The van der Waals surface area contributed by atoms with E-state index in [1.54, 1.807) is 0 Å². The van der Waals surface area contributed by atoms with Crippen LogP contribution in [0.4, 0.5) is 22.0 Å². The highest BCUT2D eigenvalue weighted by Crippen LogP contribution is 2.35. The lowest BCUT2D eigenvalue weighted by molar-refractivity contribution is -0.137. The first-order valence-corrected chi connectivity index (χ1v) is 5.39. The second kappa shape index (κ2) is 4.93. The lowest BCUT2D eigenvalue weighted by Gasteiger charge is -2.11. The average molecular weight is 283 g/mol. The van der Waals surface area contributed by atoms with Crippen LogP contribution in [0.15, 0.2) is 36.4 Å². The second-order valence-electron chi connectivity index (χ2n) is 4.03. The zero-order chi connectivity index (χ0) is 14.9. The van der Waals surface area contributed by atoms with Gasteiger partial charge in [0.15, 0.2) is 0 Å². The molecule has 0 heterocycles. The zero-order valence-corrected chi connectivity index (χ0v) is 9.80. The maximum atomic E-state index is 13.1. The summed E-state index contributed by atoms with van der Waals surface area (Å²) in [6, 6.07) is 6.79. The molecule has 0 unspecified atom stereocenters. The van der Waals surface area contributed by atoms with Gasteiger partial charge < -0.3 is 0 Å². The van der Waals surface area contributed by atoms with E-state index in [9.17, 15) is 22.0 Å². The third-order valence-corrected chi connectivity index (χ3v) is 2.64. The Kier molecular flexibility index (Phi) is 3.45. The van der Waals surface area contributed by atoms with Crippen LogP contribution >= 0.6 is 0 Å². The third-order valence-electron chi connectivity index (χ3n) is 2.64. The molecule has 0 atom stereocenters. The van der Waals surface area contributed by atoms with Gasteiger partial charge in [0.25, 0.3) is 0 Å². The lowest BCUT2D eigenvalue weighted by atomic mass is 9.99. The molecule has 102 valence electrons. The summed E-state index contributed by atoms with van der Waals surface area (Å²) < 4.78 is 64.5. The second-order valence-corrected chi connectivity index (χ2v) is 4.03. The van der Waals surface area contributed by atoms with Crippen molar-refractivity contribution in [2.24, 2.45) is 0 Å². The Morgan fingerprint density at radius 2 is 1.45 bits per heavy atom. The molecule has 0 N–H and O–H groups in total. The quantitative estimate of drug-likeness (QED) is 0.706. The van der Waals surface area contributed by atoms with Crippen molar-refractivity contribution in [2.45, 2.75) is 6.18 Å². The molecule has 0 aromatic heterocycles. The number of halogens is 5. The maximum Gasteiger partial charge on any atom is 0.417 e. The Bertz CT molecular complexity index is 677. The van der Waals surface area contributed by atoms with Crippen LogP contribution in [0.2, 0.25) is 0 Å². The number of benzene rings is 2. The van der Waals surface area contributed by atoms with Gasteiger partial charge in [-0.05, 0) is 35.4 Å². The van der Waals surface area contributed by atoms with Crippen molar-refractivity contribution in [1.29, 1.82) is 5.26 Å². The van der Waals surface area contributed by atoms with E-state index >= 15 is 0 Å². The average Bonchev–Trinajstić information content (AvgIpc) is 2.35. The molecule has 0 aliphatic heterocycles. The Morgan fingerprint density at radius 1 is 0.850 bits per heavy atom. The highest BCUT2D eigenvalue weighted by atomic mass is 19.4. The summed E-state index contributed by atoms with van der Waals surface area (Å²) in [6.45, 7) is 0. The molecule has 0 radical (unpaired) electrons. The first kappa shape index (κ1) is 14.0. The van der Waals surface area contributed by atoms with Gasteiger partial charge in [-0.3, -0.25) is 0 Å². The molecule has 0 amide bonds. The van der Waals surface area contributed by atoms with Crippen molar-refractivity contribution in [3.05, 3.63) is 59.2 Å². The largest absolute Gasteiger partial charge is 0.417 e. The molecule has 0 saturated heterocycles. The van der Waals surface area contributed by atoms with E-state index in [1.165, 1.54) is 12.1 Å². The van der Waals surface area contributed by atoms with Crippen LogP contribution in [0, 0.1) is 23.0 Å². The number of hydrogen-bond donors (Lipinski definition) is 0. The third kappa shape index (κ3) is 2.77. The highest BCUT2D eigenvalue weighted by Gasteiger charge is 2.33. The van der Waals surface area contributed by atoms with Crippen LogP contribution < -0.4 is 0 Å². The van der Waals surface area contributed by atoms with Crippen molar-refractivity contribution >= 4 is 0 Å². The van der Waals surface area contributed by atoms with E-state index < -0.39 is 28.9 Å². The molecular weight excluding hydrogens is 277 g/mol. The smallest absolute Gasteiger partial charge is 0.207 e. The Balaban J connectivity index is 2.62. The van der Waals surface area contributed by atoms with E-state index in [2.05, 4.69) is 0 Å². The monoisotopic (exact) mass is 283 g/mol.